The van der Waals surface area contributed by atoms with Crippen LogP contribution in [0.1, 0.15) is 35.0 Å². The molecule has 1 atom stereocenters. The van der Waals surface area contributed by atoms with E-state index in [0.29, 0.717) is 18.7 Å². The summed E-state index contributed by atoms with van der Waals surface area (Å²) in [5.74, 6) is -0.229. The molecule has 0 saturated carbocycles. The molecule has 0 radical (unpaired) electrons. The van der Waals surface area contributed by atoms with Gasteiger partial charge in [0.15, 0.2) is 0 Å². The summed E-state index contributed by atoms with van der Waals surface area (Å²) in [4.78, 5) is 26.0. The predicted molar refractivity (Wildman–Crippen MR) is 104 cm³/mol. The maximum Gasteiger partial charge on any atom is 0.418 e. The summed E-state index contributed by atoms with van der Waals surface area (Å²) in [6.07, 6.45) is 5.27. The zero-order valence-corrected chi connectivity index (χ0v) is 16.7. The van der Waals surface area contributed by atoms with Gasteiger partial charge in [-0.2, -0.15) is 23.4 Å². The van der Waals surface area contributed by atoms with Crippen molar-refractivity contribution in [3.05, 3.63) is 65.6 Å². The normalized spacial score (nSPS) is 20.5. The van der Waals surface area contributed by atoms with Gasteiger partial charge < -0.3 is 9.88 Å². The van der Waals surface area contributed by atoms with Crippen LogP contribution in [0.4, 0.5) is 13.2 Å². The first kappa shape index (κ1) is 20.6. The van der Waals surface area contributed by atoms with Gasteiger partial charge in [-0.1, -0.05) is 6.08 Å². The van der Waals surface area contributed by atoms with Crippen LogP contribution in [0, 0.1) is 0 Å². The van der Waals surface area contributed by atoms with Crippen LogP contribution in [0.3, 0.4) is 0 Å². The number of allylic oxidation sites excluding steroid dienone is 4. The molecule has 12 heteroatoms. The van der Waals surface area contributed by atoms with Gasteiger partial charge in [0, 0.05) is 31.9 Å². The van der Waals surface area contributed by atoms with Crippen molar-refractivity contribution < 1.29 is 18.0 Å². The fraction of sp³-hybridized carbons (Fsp3) is 0.316. The molecule has 0 aromatic carbocycles. The number of nitrogens with one attached hydrogen (secondary N) is 1. The van der Waals surface area contributed by atoms with Gasteiger partial charge in [0.25, 0.3) is 5.91 Å². The number of alkyl halides is 3. The number of hydrazone groups is 1. The summed E-state index contributed by atoms with van der Waals surface area (Å²) < 4.78 is 41.4. The largest absolute Gasteiger partial charge is 0.418 e. The third kappa shape index (κ3) is 3.76. The van der Waals surface area contributed by atoms with Gasteiger partial charge in [-0.25, -0.2) is 19.7 Å². The predicted octanol–water partition coefficient (Wildman–Crippen LogP) is 2.49. The Morgan fingerprint density at radius 2 is 2.16 bits per heavy atom. The highest BCUT2D eigenvalue weighted by molar-refractivity contribution is 5.93. The first-order valence-corrected chi connectivity index (χ1v) is 9.44. The molecule has 2 aromatic rings. The number of carbonyl (C=O) groups excluding carboxylic acids is 1. The molecule has 2 aromatic heterocycles. The van der Waals surface area contributed by atoms with Crippen molar-refractivity contribution in [1.82, 2.24) is 34.6 Å². The molecule has 0 unspecified atom stereocenters. The van der Waals surface area contributed by atoms with Crippen LogP contribution in [0.2, 0.25) is 0 Å². The van der Waals surface area contributed by atoms with E-state index in [0.717, 1.165) is 16.8 Å². The number of H-pyrrole nitrogens is 1. The average Bonchev–Trinajstić information content (AvgIpc) is 3.39. The molecule has 0 fully saturated rings. The van der Waals surface area contributed by atoms with E-state index in [1.165, 1.54) is 53.7 Å². The Hall–Kier alpha value is -3.70. The molecule has 4 rings (SSSR count). The lowest BCUT2D eigenvalue weighted by molar-refractivity contribution is -0.0912. The third-order valence-electron chi connectivity index (χ3n) is 5.06. The Balaban J connectivity index is 1.67. The number of fused-ring (bicyclic) bond motifs is 1. The average molecular weight is 432 g/mol. The minimum Gasteiger partial charge on any atom is -0.348 e. The van der Waals surface area contributed by atoms with E-state index < -0.39 is 17.8 Å². The number of imidazole rings is 1. The number of hydrogen-bond acceptors (Lipinski definition) is 6. The summed E-state index contributed by atoms with van der Waals surface area (Å²) in [7, 11) is 1.61. The van der Waals surface area contributed by atoms with Crippen LogP contribution < -0.4 is 0 Å². The fourth-order valence-corrected chi connectivity index (χ4v) is 3.58. The van der Waals surface area contributed by atoms with Crippen molar-refractivity contribution >= 4 is 12.1 Å². The quantitative estimate of drug-likeness (QED) is 0.752. The monoisotopic (exact) mass is 432 g/mol. The van der Waals surface area contributed by atoms with E-state index >= 15 is 0 Å². The number of aromatic amines is 1. The van der Waals surface area contributed by atoms with Crippen molar-refractivity contribution in [2.24, 2.45) is 12.1 Å². The van der Waals surface area contributed by atoms with Gasteiger partial charge in [0.05, 0.1) is 29.5 Å². The van der Waals surface area contributed by atoms with Gasteiger partial charge in [0.2, 0.25) is 5.82 Å². The first-order valence-electron chi connectivity index (χ1n) is 9.44. The second-order valence-electron chi connectivity index (χ2n) is 6.87. The molecule has 1 amide bonds. The second kappa shape index (κ2) is 7.85. The lowest BCUT2D eigenvalue weighted by Gasteiger charge is -2.33. The molecule has 162 valence electrons. The van der Waals surface area contributed by atoms with E-state index in [1.807, 2.05) is 0 Å². The molecular formula is C19H19F3N8O. The maximum absolute atomic E-state index is 13.4. The van der Waals surface area contributed by atoms with Crippen LogP contribution in [-0.4, -0.2) is 59.5 Å². The van der Waals surface area contributed by atoms with Crippen molar-refractivity contribution in [2.75, 3.05) is 6.54 Å². The topological polar surface area (TPSA) is 95.3 Å². The highest BCUT2D eigenvalue weighted by Crippen LogP contribution is 2.35. The highest BCUT2D eigenvalue weighted by atomic mass is 19.4. The number of hydrogen-bond donors (Lipinski definition) is 1. The van der Waals surface area contributed by atoms with Crippen molar-refractivity contribution in [1.29, 1.82) is 0 Å². The maximum atomic E-state index is 13.4. The van der Waals surface area contributed by atoms with E-state index in [2.05, 4.69) is 25.2 Å². The zero-order valence-electron chi connectivity index (χ0n) is 16.7. The summed E-state index contributed by atoms with van der Waals surface area (Å²) >= 11 is 0. The highest BCUT2D eigenvalue weighted by Gasteiger charge is 2.38. The lowest BCUT2D eigenvalue weighted by Crippen LogP contribution is -2.42. The molecule has 2 aliphatic rings. The van der Waals surface area contributed by atoms with Crippen molar-refractivity contribution in [2.45, 2.75) is 25.6 Å². The molecule has 1 N–H and O–H groups in total. The zero-order chi connectivity index (χ0) is 22.2. The van der Waals surface area contributed by atoms with Gasteiger partial charge in [0.1, 0.15) is 12.4 Å². The Morgan fingerprint density at radius 1 is 1.35 bits per heavy atom. The Morgan fingerprint density at radius 3 is 2.84 bits per heavy atom. The van der Waals surface area contributed by atoms with Crippen LogP contribution in [0.15, 0.2) is 53.5 Å². The van der Waals surface area contributed by atoms with E-state index in [1.54, 1.807) is 7.05 Å². The SMILES string of the molecule is C/C=C1/C(C(F)(F)F)=CC=CN1/N=C/[C@H]1c2nc[nH]c2CCN1C(=O)c1ncnn1C. The molecule has 31 heavy (non-hydrogen) atoms. The van der Waals surface area contributed by atoms with E-state index in [-0.39, 0.29) is 17.4 Å². The van der Waals surface area contributed by atoms with Crippen LogP contribution in [0.25, 0.3) is 0 Å². The third-order valence-corrected chi connectivity index (χ3v) is 5.06. The van der Waals surface area contributed by atoms with Gasteiger partial charge >= 0.3 is 6.18 Å². The van der Waals surface area contributed by atoms with Gasteiger partial charge in [-0.3, -0.25) is 4.79 Å². The van der Waals surface area contributed by atoms with Crippen LogP contribution in [0.5, 0.6) is 0 Å². The molecular weight excluding hydrogens is 413 g/mol. The smallest absolute Gasteiger partial charge is 0.348 e. The summed E-state index contributed by atoms with van der Waals surface area (Å²) in [6, 6.07) is -0.689. The van der Waals surface area contributed by atoms with Crippen molar-refractivity contribution in [3.8, 4) is 0 Å². The number of rotatable bonds is 3. The minimum atomic E-state index is -4.52. The number of halogens is 3. The lowest BCUT2D eigenvalue weighted by atomic mass is 10.0. The molecule has 0 bridgehead atoms. The molecule has 9 nitrogen and oxygen atoms in total. The van der Waals surface area contributed by atoms with Crippen molar-refractivity contribution in [3.63, 3.8) is 0 Å². The molecule has 2 aliphatic heterocycles. The number of carbonyl (C=O) groups is 1. The number of nitrogens with zero attached hydrogens (tertiary/aromatic N) is 7. The van der Waals surface area contributed by atoms with Crippen LogP contribution >= 0.6 is 0 Å². The molecule has 4 heterocycles. The van der Waals surface area contributed by atoms with Gasteiger partial charge in [-0.15, -0.1) is 0 Å². The standard InChI is InChI=1S/C19H19F3N8O/c1-3-14-12(19(20,21)22)5-4-7-30(14)26-9-15-16-13(23-10-24-16)6-8-29(15)18(31)17-25-11-27-28(17)2/h3-5,7,9-11,15H,6,8H2,1-2H3,(H,23,24)/b14-3-,26-9+/t15-/m0/s1. The summed E-state index contributed by atoms with van der Waals surface area (Å²) in [5, 5.41) is 9.32. The first-order chi connectivity index (χ1) is 14.8. The van der Waals surface area contributed by atoms with Crippen LogP contribution in [-0.2, 0) is 13.5 Å². The summed E-state index contributed by atoms with van der Waals surface area (Å²) in [6.45, 7) is 1.87. The fourth-order valence-electron chi connectivity index (χ4n) is 3.58. The Bertz CT molecular complexity index is 1110. The minimum absolute atomic E-state index is 0.101. The summed E-state index contributed by atoms with van der Waals surface area (Å²) in [5.41, 5.74) is 0.524. The van der Waals surface area contributed by atoms with E-state index in [4.69, 9.17) is 0 Å². The van der Waals surface area contributed by atoms with Gasteiger partial charge in [-0.05, 0) is 19.1 Å². The number of aromatic nitrogens is 5. The molecule has 0 aliphatic carbocycles. The molecule has 0 spiro atoms. The Labute approximate surface area is 175 Å². The molecule has 0 saturated heterocycles. The van der Waals surface area contributed by atoms with E-state index in [9.17, 15) is 18.0 Å². The number of amides is 1. The number of aryl methyl sites for hydroxylation is 1. The second-order valence-corrected chi connectivity index (χ2v) is 6.87. The Kier molecular flexibility index (Phi) is 5.21.